The first kappa shape index (κ1) is 12.6. The van der Waals surface area contributed by atoms with Gasteiger partial charge in [-0.05, 0) is 38.6 Å². The lowest BCUT2D eigenvalue weighted by atomic mass is 10.1. The van der Waals surface area contributed by atoms with Crippen LogP contribution in [0.1, 0.15) is 24.6 Å². The van der Waals surface area contributed by atoms with Crippen molar-refractivity contribution in [1.82, 2.24) is 9.80 Å². The second kappa shape index (κ2) is 6.19. The second-order valence-corrected chi connectivity index (χ2v) is 4.80. The Morgan fingerprint density at radius 3 is 2.71 bits per heavy atom. The Hall–Kier alpha value is -0.840. The molecule has 96 valence electrons. The van der Waals surface area contributed by atoms with Crippen LogP contribution < -0.4 is 5.73 Å². The van der Waals surface area contributed by atoms with Crippen molar-refractivity contribution in [3.05, 3.63) is 24.2 Å². The Balaban J connectivity index is 2.00. The van der Waals surface area contributed by atoms with Gasteiger partial charge in [0.15, 0.2) is 0 Å². The minimum absolute atomic E-state index is 0.405. The van der Waals surface area contributed by atoms with Gasteiger partial charge in [-0.1, -0.05) is 0 Å². The zero-order valence-electron chi connectivity index (χ0n) is 10.6. The van der Waals surface area contributed by atoms with E-state index in [0.717, 1.165) is 51.3 Å². The summed E-state index contributed by atoms with van der Waals surface area (Å²) < 4.78 is 5.58. The molecule has 17 heavy (non-hydrogen) atoms. The van der Waals surface area contributed by atoms with Gasteiger partial charge in [-0.3, -0.25) is 4.90 Å². The molecule has 4 heteroatoms. The van der Waals surface area contributed by atoms with E-state index in [2.05, 4.69) is 22.9 Å². The summed E-state index contributed by atoms with van der Waals surface area (Å²) in [5, 5.41) is 0. The number of hydrogen-bond acceptors (Lipinski definition) is 4. The maximum Gasteiger partial charge on any atom is 0.120 e. The molecule has 2 rings (SSSR count). The molecule has 2 N–H and O–H groups in total. The first-order valence-corrected chi connectivity index (χ1v) is 6.47. The van der Waals surface area contributed by atoms with Crippen LogP contribution in [0.4, 0.5) is 0 Å². The molecular weight excluding hydrogens is 214 g/mol. The van der Waals surface area contributed by atoms with Crippen LogP contribution in [0, 0.1) is 0 Å². The number of furan rings is 1. The highest BCUT2D eigenvalue weighted by atomic mass is 16.3. The molecule has 0 aromatic carbocycles. The number of hydrogen-bond donors (Lipinski definition) is 1. The number of likely N-dealkylation sites (N-methyl/N-ethyl adjacent to an activating group) is 1. The van der Waals surface area contributed by atoms with Crippen LogP contribution >= 0.6 is 0 Å². The number of rotatable bonds is 5. The fourth-order valence-corrected chi connectivity index (χ4v) is 2.43. The van der Waals surface area contributed by atoms with Crippen molar-refractivity contribution in [3.63, 3.8) is 0 Å². The Bertz CT molecular complexity index is 304. The lowest BCUT2D eigenvalue weighted by Gasteiger charge is -2.37. The first-order chi connectivity index (χ1) is 8.31. The summed E-state index contributed by atoms with van der Waals surface area (Å²) >= 11 is 0. The monoisotopic (exact) mass is 237 g/mol. The van der Waals surface area contributed by atoms with Gasteiger partial charge in [0.1, 0.15) is 5.76 Å². The minimum atomic E-state index is 0.405. The van der Waals surface area contributed by atoms with Crippen molar-refractivity contribution in [1.29, 1.82) is 0 Å². The molecule has 0 saturated carbocycles. The zero-order valence-corrected chi connectivity index (χ0v) is 10.6. The predicted octanol–water partition coefficient (Wildman–Crippen LogP) is 1.31. The topological polar surface area (TPSA) is 45.6 Å². The van der Waals surface area contributed by atoms with Crippen LogP contribution in [0.25, 0.3) is 0 Å². The summed E-state index contributed by atoms with van der Waals surface area (Å²) in [5.41, 5.74) is 5.62. The van der Waals surface area contributed by atoms with Gasteiger partial charge >= 0.3 is 0 Å². The van der Waals surface area contributed by atoms with Crippen LogP contribution in [0.2, 0.25) is 0 Å². The highest BCUT2D eigenvalue weighted by Crippen LogP contribution is 2.26. The molecule has 1 atom stereocenters. The first-order valence-electron chi connectivity index (χ1n) is 6.47. The summed E-state index contributed by atoms with van der Waals surface area (Å²) in [6.45, 7) is 5.27. The molecule has 0 radical (unpaired) electrons. The molecule has 1 aromatic rings. The van der Waals surface area contributed by atoms with Gasteiger partial charge in [-0.15, -0.1) is 0 Å². The smallest absolute Gasteiger partial charge is 0.120 e. The molecule has 1 unspecified atom stereocenters. The largest absolute Gasteiger partial charge is 0.468 e. The molecule has 1 aliphatic rings. The quantitative estimate of drug-likeness (QED) is 0.838. The van der Waals surface area contributed by atoms with E-state index in [1.165, 1.54) is 0 Å². The van der Waals surface area contributed by atoms with Gasteiger partial charge < -0.3 is 15.1 Å². The second-order valence-electron chi connectivity index (χ2n) is 4.80. The molecule has 0 amide bonds. The molecule has 1 fully saturated rings. The third kappa shape index (κ3) is 3.31. The van der Waals surface area contributed by atoms with Crippen LogP contribution in [0.15, 0.2) is 22.8 Å². The van der Waals surface area contributed by atoms with Gasteiger partial charge in [0, 0.05) is 26.2 Å². The van der Waals surface area contributed by atoms with Crippen LogP contribution in [0.3, 0.4) is 0 Å². The maximum absolute atomic E-state index is 5.62. The van der Waals surface area contributed by atoms with E-state index in [-0.39, 0.29) is 0 Å². The van der Waals surface area contributed by atoms with E-state index < -0.39 is 0 Å². The van der Waals surface area contributed by atoms with E-state index in [4.69, 9.17) is 10.2 Å². The van der Waals surface area contributed by atoms with E-state index in [1.807, 2.05) is 6.07 Å². The summed E-state index contributed by atoms with van der Waals surface area (Å²) in [4.78, 5) is 4.90. The molecular formula is C13H23N3O. The lowest BCUT2D eigenvalue weighted by Crippen LogP contribution is -2.46. The molecule has 0 bridgehead atoms. The Kier molecular flexibility index (Phi) is 4.59. The number of piperazine rings is 1. The summed E-state index contributed by atoms with van der Waals surface area (Å²) in [6.07, 6.45) is 3.91. The molecule has 4 nitrogen and oxygen atoms in total. The summed E-state index contributed by atoms with van der Waals surface area (Å²) in [6, 6.07) is 4.46. The van der Waals surface area contributed by atoms with Crippen LogP contribution in [-0.4, -0.2) is 49.6 Å². The standard InChI is InChI=1S/C13H23N3O/c1-15-7-9-16(10-8-15)12(4-2-6-14)13-5-3-11-17-13/h3,5,11-12H,2,4,6-10,14H2,1H3. The van der Waals surface area contributed by atoms with Crippen LogP contribution in [-0.2, 0) is 0 Å². The Morgan fingerprint density at radius 2 is 2.12 bits per heavy atom. The van der Waals surface area contributed by atoms with E-state index >= 15 is 0 Å². The van der Waals surface area contributed by atoms with Crippen molar-refractivity contribution >= 4 is 0 Å². The van der Waals surface area contributed by atoms with Crippen molar-refractivity contribution in [2.75, 3.05) is 39.8 Å². The van der Waals surface area contributed by atoms with Gasteiger partial charge in [0.05, 0.1) is 12.3 Å². The molecule has 0 spiro atoms. The Labute approximate surface area is 103 Å². The van der Waals surface area contributed by atoms with Gasteiger partial charge in [0.2, 0.25) is 0 Å². The van der Waals surface area contributed by atoms with Gasteiger partial charge in [-0.2, -0.15) is 0 Å². The van der Waals surface area contributed by atoms with E-state index in [1.54, 1.807) is 6.26 Å². The van der Waals surface area contributed by atoms with Gasteiger partial charge in [0.25, 0.3) is 0 Å². The molecule has 1 aliphatic heterocycles. The maximum atomic E-state index is 5.62. The van der Waals surface area contributed by atoms with Crippen molar-refractivity contribution in [2.24, 2.45) is 5.73 Å². The van der Waals surface area contributed by atoms with Crippen LogP contribution in [0.5, 0.6) is 0 Å². The summed E-state index contributed by atoms with van der Waals surface area (Å²) in [7, 11) is 2.18. The third-order valence-corrected chi connectivity index (χ3v) is 3.53. The minimum Gasteiger partial charge on any atom is -0.468 e. The molecule has 1 saturated heterocycles. The predicted molar refractivity (Wildman–Crippen MR) is 68.8 cm³/mol. The third-order valence-electron chi connectivity index (χ3n) is 3.53. The number of nitrogens with zero attached hydrogens (tertiary/aromatic N) is 2. The van der Waals surface area contributed by atoms with Crippen molar-refractivity contribution < 1.29 is 4.42 Å². The molecule has 2 heterocycles. The highest BCUT2D eigenvalue weighted by molar-refractivity contribution is 5.05. The van der Waals surface area contributed by atoms with E-state index in [0.29, 0.717) is 6.04 Å². The normalized spacial score (nSPS) is 20.6. The SMILES string of the molecule is CN1CCN(C(CCCN)c2ccco2)CC1. The average molecular weight is 237 g/mol. The fraction of sp³-hybridized carbons (Fsp3) is 0.692. The summed E-state index contributed by atoms with van der Waals surface area (Å²) in [5.74, 6) is 1.09. The van der Waals surface area contributed by atoms with Crippen molar-refractivity contribution in [3.8, 4) is 0 Å². The zero-order chi connectivity index (χ0) is 12.1. The molecule has 0 aliphatic carbocycles. The highest BCUT2D eigenvalue weighted by Gasteiger charge is 2.25. The lowest BCUT2D eigenvalue weighted by molar-refractivity contribution is 0.0946. The number of nitrogens with two attached hydrogens (primary N) is 1. The Morgan fingerprint density at radius 1 is 1.35 bits per heavy atom. The average Bonchev–Trinajstić information content (AvgIpc) is 2.85. The fourth-order valence-electron chi connectivity index (χ4n) is 2.43. The molecule has 1 aromatic heterocycles. The van der Waals surface area contributed by atoms with E-state index in [9.17, 15) is 0 Å². The van der Waals surface area contributed by atoms with Crippen molar-refractivity contribution in [2.45, 2.75) is 18.9 Å². The van der Waals surface area contributed by atoms with Gasteiger partial charge in [-0.25, -0.2) is 0 Å².